The van der Waals surface area contributed by atoms with Crippen molar-refractivity contribution < 1.29 is 4.79 Å². The van der Waals surface area contributed by atoms with E-state index in [1.165, 1.54) is 37.7 Å². The van der Waals surface area contributed by atoms with Gasteiger partial charge in [0.1, 0.15) is 0 Å². The van der Waals surface area contributed by atoms with E-state index < -0.39 is 0 Å². The molecule has 1 saturated carbocycles. The van der Waals surface area contributed by atoms with E-state index in [0.29, 0.717) is 13.0 Å². The number of benzene rings is 2. The summed E-state index contributed by atoms with van der Waals surface area (Å²) in [5, 5.41) is 3.36. The molecule has 3 heteroatoms. The number of Topliss-reactive ketones (excluding diaryl/α,β-unsaturated/α-hetero) is 1. The van der Waals surface area contributed by atoms with Crippen LogP contribution >= 0.6 is 15.9 Å². The normalized spacial score (nSPS) is 15.2. The van der Waals surface area contributed by atoms with Crippen molar-refractivity contribution in [3.63, 3.8) is 0 Å². The minimum Gasteiger partial charge on any atom is -0.385 e. The van der Waals surface area contributed by atoms with Gasteiger partial charge in [0.25, 0.3) is 0 Å². The Balaban J connectivity index is 1.48. The summed E-state index contributed by atoms with van der Waals surface area (Å²) in [6.45, 7) is 0.664. The number of hydrogen-bond acceptors (Lipinski definition) is 2. The van der Waals surface area contributed by atoms with Gasteiger partial charge < -0.3 is 5.32 Å². The fourth-order valence-electron chi connectivity index (χ4n) is 3.41. The standard InChI is InChI=1S/C21H24BrNO/c22-19-10-6-18(7-11-19)21(24)14-15-23-20-12-8-17(9-13-20)16-4-2-1-3-5-16/h6-13,16,23H,1-5,14-15H2. The Labute approximate surface area is 152 Å². The summed E-state index contributed by atoms with van der Waals surface area (Å²) in [5.41, 5.74) is 3.33. The van der Waals surface area contributed by atoms with E-state index in [0.717, 1.165) is 21.6 Å². The van der Waals surface area contributed by atoms with E-state index in [1.807, 2.05) is 24.3 Å². The molecule has 2 aromatic rings. The van der Waals surface area contributed by atoms with Gasteiger partial charge in [-0.3, -0.25) is 4.79 Å². The largest absolute Gasteiger partial charge is 0.385 e. The second-order valence-electron chi connectivity index (χ2n) is 6.56. The SMILES string of the molecule is O=C(CCNc1ccc(C2CCCCC2)cc1)c1ccc(Br)cc1. The zero-order valence-electron chi connectivity index (χ0n) is 13.9. The quantitative estimate of drug-likeness (QED) is 0.601. The highest BCUT2D eigenvalue weighted by Gasteiger charge is 2.15. The molecule has 2 aromatic carbocycles. The lowest BCUT2D eigenvalue weighted by Crippen LogP contribution is -2.09. The molecule has 1 fully saturated rings. The van der Waals surface area contributed by atoms with Gasteiger partial charge in [-0.25, -0.2) is 0 Å². The maximum Gasteiger partial charge on any atom is 0.164 e. The van der Waals surface area contributed by atoms with Gasteiger partial charge in [-0.2, -0.15) is 0 Å². The van der Waals surface area contributed by atoms with Crippen molar-refractivity contribution in [3.05, 3.63) is 64.1 Å². The van der Waals surface area contributed by atoms with Crippen molar-refractivity contribution in [2.24, 2.45) is 0 Å². The predicted octanol–water partition coefficient (Wildman–Crippen LogP) is 6.18. The highest BCUT2D eigenvalue weighted by atomic mass is 79.9. The molecule has 0 heterocycles. The summed E-state index contributed by atoms with van der Waals surface area (Å²) in [6, 6.07) is 16.3. The Kier molecular flexibility index (Phi) is 6.08. The van der Waals surface area contributed by atoms with Crippen LogP contribution in [0.3, 0.4) is 0 Å². The molecule has 1 aliphatic carbocycles. The molecule has 0 bridgehead atoms. The fraction of sp³-hybridized carbons (Fsp3) is 0.381. The first-order chi connectivity index (χ1) is 11.7. The van der Waals surface area contributed by atoms with Crippen molar-refractivity contribution in [1.82, 2.24) is 0 Å². The summed E-state index contributed by atoms with van der Waals surface area (Å²) in [5.74, 6) is 0.917. The van der Waals surface area contributed by atoms with Crippen molar-refractivity contribution >= 4 is 27.4 Å². The van der Waals surface area contributed by atoms with Gasteiger partial charge in [0.05, 0.1) is 0 Å². The number of halogens is 1. The molecule has 0 unspecified atom stereocenters. The average Bonchev–Trinajstić information content (AvgIpc) is 2.63. The molecular weight excluding hydrogens is 362 g/mol. The van der Waals surface area contributed by atoms with E-state index in [4.69, 9.17) is 0 Å². The Hall–Kier alpha value is -1.61. The third-order valence-electron chi connectivity index (χ3n) is 4.83. The lowest BCUT2D eigenvalue weighted by molar-refractivity contribution is 0.0986. The Morgan fingerprint density at radius 1 is 0.958 bits per heavy atom. The highest BCUT2D eigenvalue weighted by molar-refractivity contribution is 9.10. The number of carbonyl (C=O) groups is 1. The maximum absolute atomic E-state index is 12.2. The van der Waals surface area contributed by atoms with Crippen LogP contribution in [-0.2, 0) is 0 Å². The first-order valence-electron chi connectivity index (χ1n) is 8.85. The minimum absolute atomic E-state index is 0.175. The number of hydrogen-bond donors (Lipinski definition) is 1. The van der Waals surface area contributed by atoms with E-state index in [9.17, 15) is 4.79 Å². The van der Waals surface area contributed by atoms with Crippen LogP contribution in [0.2, 0.25) is 0 Å². The van der Waals surface area contributed by atoms with Gasteiger partial charge >= 0.3 is 0 Å². The molecule has 0 amide bonds. The fourth-order valence-corrected chi connectivity index (χ4v) is 3.67. The monoisotopic (exact) mass is 385 g/mol. The van der Waals surface area contributed by atoms with Crippen LogP contribution in [0.1, 0.15) is 60.4 Å². The van der Waals surface area contributed by atoms with Crippen LogP contribution in [0.4, 0.5) is 5.69 Å². The van der Waals surface area contributed by atoms with Gasteiger partial charge in [-0.1, -0.05) is 59.5 Å². The van der Waals surface area contributed by atoms with E-state index >= 15 is 0 Å². The van der Waals surface area contributed by atoms with Gasteiger partial charge in [0.15, 0.2) is 5.78 Å². The van der Waals surface area contributed by atoms with Gasteiger partial charge in [-0.15, -0.1) is 0 Å². The van der Waals surface area contributed by atoms with Crippen LogP contribution < -0.4 is 5.32 Å². The van der Waals surface area contributed by atoms with Crippen molar-refractivity contribution in [2.75, 3.05) is 11.9 Å². The highest BCUT2D eigenvalue weighted by Crippen LogP contribution is 2.32. The molecule has 0 atom stereocenters. The van der Waals surface area contributed by atoms with Gasteiger partial charge in [0.2, 0.25) is 0 Å². The van der Waals surface area contributed by atoms with Crippen molar-refractivity contribution in [1.29, 1.82) is 0 Å². The summed E-state index contributed by atoms with van der Waals surface area (Å²) >= 11 is 3.39. The van der Waals surface area contributed by atoms with E-state index in [2.05, 4.69) is 45.5 Å². The van der Waals surface area contributed by atoms with Crippen LogP contribution in [-0.4, -0.2) is 12.3 Å². The third-order valence-corrected chi connectivity index (χ3v) is 5.36. The predicted molar refractivity (Wildman–Crippen MR) is 104 cm³/mol. The molecule has 0 spiro atoms. The lowest BCUT2D eigenvalue weighted by Gasteiger charge is -2.22. The smallest absolute Gasteiger partial charge is 0.164 e. The van der Waals surface area contributed by atoms with Crippen LogP contribution in [0.5, 0.6) is 0 Å². The molecule has 0 radical (unpaired) electrons. The zero-order valence-corrected chi connectivity index (χ0v) is 15.5. The Morgan fingerprint density at radius 2 is 1.62 bits per heavy atom. The molecule has 1 aliphatic rings. The molecular formula is C21H24BrNO. The molecule has 3 rings (SSSR count). The second-order valence-corrected chi connectivity index (χ2v) is 7.48. The van der Waals surface area contributed by atoms with Gasteiger partial charge in [-0.05, 0) is 48.6 Å². The summed E-state index contributed by atoms with van der Waals surface area (Å²) in [7, 11) is 0. The Bertz CT molecular complexity index is 657. The first-order valence-corrected chi connectivity index (χ1v) is 9.64. The van der Waals surface area contributed by atoms with E-state index in [-0.39, 0.29) is 5.78 Å². The molecule has 1 N–H and O–H groups in total. The summed E-state index contributed by atoms with van der Waals surface area (Å²) < 4.78 is 0.996. The van der Waals surface area contributed by atoms with Crippen molar-refractivity contribution in [3.8, 4) is 0 Å². The van der Waals surface area contributed by atoms with Gasteiger partial charge in [0, 0.05) is 28.7 Å². The minimum atomic E-state index is 0.175. The topological polar surface area (TPSA) is 29.1 Å². The van der Waals surface area contributed by atoms with Crippen LogP contribution in [0.15, 0.2) is 53.0 Å². The maximum atomic E-state index is 12.2. The van der Waals surface area contributed by atoms with Crippen LogP contribution in [0, 0.1) is 0 Å². The first kappa shape index (κ1) is 17.2. The third kappa shape index (κ3) is 4.70. The molecule has 0 aliphatic heterocycles. The number of ketones is 1. The second kappa shape index (κ2) is 8.48. The van der Waals surface area contributed by atoms with Crippen molar-refractivity contribution in [2.45, 2.75) is 44.4 Å². The molecule has 24 heavy (non-hydrogen) atoms. The zero-order chi connectivity index (χ0) is 16.8. The number of anilines is 1. The van der Waals surface area contributed by atoms with E-state index in [1.54, 1.807) is 0 Å². The lowest BCUT2D eigenvalue weighted by atomic mass is 9.84. The molecule has 0 saturated heterocycles. The molecule has 0 aromatic heterocycles. The number of carbonyl (C=O) groups excluding carboxylic acids is 1. The van der Waals surface area contributed by atoms with Crippen LogP contribution in [0.25, 0.3) is 0 Å². The Morgan fingerprint density at radius 3 is 2.29 bits per heavy atom. The number of nitrogens with one attached hydrogen (secondary N) is 1. The average molecular weight is 386 g/mol. The summed E-state index contributed by atoms with van der Waals surface area (Å²) in [4.78, 5) is 12.2. The molecule has 2 nitrogen and oxygen atoms in total. The molecule has 126 valence electrons. The number of rotatable bonds is 6. The summed E-state index contributed by atoms with van der Waals surface area (Å²) in [6.07, 6.45) is 7.28.